The molecule has 0 amide bonds. The van der Waals surface area contributed by atoms with Gasteiger partial charge in [0.25, 0.3) is 0 Å². The van der Waals surface area contributed by atoms with Gasteiger partial charge in [-0.1, -0.05) is 13.0 Å². The van der Waals surface area contributed by atoms with Gasteiger partial charge in [0.05, 0.1) is 5.60 Å². The molecule has 0 spiro atoms. The second-order valence-electron chi connectivity index (χ2n) is 5.65. The summed E-state index contributed by atoms with van der Waals surface area (Å²) < 4.78 is 5.72. The predicted octanol–water partition coefficient (Wildman–Crippen LogP) is 2.73. The average molecular weight is 262 g/mol. The minimum Gasteiger partial charge on any atom is -0.378 e. The van der Waals surface area contributed by atoms with Crippen molar-refractivity contribution < 1.29 is 4.74 Å². The number of methoxy groups -OCH3 is 1. The van der Waals surface area contributed by atoms with Crippen LogP contribution in [0, 0.1) is 0 Å². The SMILES string of the molecule is CCc1ccc(CC(CC2(OC)CCC2)NC)nc1. The summed E-state index contributed by atoms with van der Waals surface area (Å²) in [5.74, 6) is 0. The zero-order valence-corrected chi connectivity index (χ0v) is 12.4. The van der Waals surface area contributed by atoms with Gasteiger partial charge < -0.3 is 10.1 Å². The fraction of sp³-hybridized carbons (Fsp3) is 0.688. The van der Waals surface area contributed by atoms with Crippen molar-refractivity contribution in [3.8, 4) is 0 Å². The van der Waals surface area contributed by atoms with E-state index in [2.05, 4.69) is 29.4 Å². The Morgan fingerprint density at radius 2 is 2.21 bits per heavy atom. The minimum atomic E-state index is 0.122. The standard InChI is InChI=1S/C16H26N2O/c1-4-13-6-7-14(18-12-13)10-15(17-2)11-16(19-3)8-5-9-16/h6-7,12,15,17H,4-5,8-11H2,1-3H3. The summed E-state index contributed by atoms with van der Waals surface area (Å²) in [6.45, 7) is 2.16. The van der Waals surface area contributed by atoms with Crippen LogP contribution >= 0.6 is 0 Å². The molecule has 1 aromatic heterocycles. The summed E-state index contributed by atoms with van der Waals surface area (Å²) in [5.41, 5.74) is 2.59. The smallest absolute Gasteiger partial charge is 0.0693 e. The molecular weight excluding hydrogens is 236 g/mol. The third-order valence-electron chi connectivity index (χ3n) is 4.47. The summed E-state index contributed by atoms with van der Waals surface area (Å²) in [6.07, 6.45) is 8.80. The van der Waals surface area contributed by atoms with Crippen molar-refractivity contribution in [2.75, 3.05) is 14.2 Å². The lowest BCUT2D eigenvalue weighted by Gasteiger charge is -2.42. The Kier molecular flexibility index (Phi) is 4.94. The highest BCUT2D eigenvalue weighted by Crippen LogP contribution is 2.39. The van der Waals surface area contributed by atoms with Crippen LogP contribution in [0.5, 0.6) is 0 Å². The summed E-state index contributed by atoms with van der Waals surface area (Å²) in [6, 6.07) is 4.79. The molecule has 3 heteroatoms. The number of aromatic nitrogens is 1. The molecule has 1 aliphatic rings. The number of nitrogens with one attached hydrogen (secondary N) is 1. The van der Waals surface area contributed by atoms with Crippen molar-refractivity contribution in [3.63, 3.8) is 0 Å². The lowest BCUT2D eigenvalue weighted by Crippen LogP contribution is -2.45. The largest absolute Gasteiger partial charge is 0.378 e. The van der Waals surface area contributed by atoms with Crippen molar-refractivity contribution in [1.29, 1.82) is 0 Å². The van der Waals surface area contributed by atoms with E-state index in [9.17, 15) is 0 Å². The Hall–Kier alpha value is -0.930. The predicted molar refractivity (Wildman–Crippen MR) is 78.4 cm³/mol. The molecule has 0 aromatic carbocycles. The minimum absolute atomic E-state index is 0.122. The maximum Gasteiger partial charge on any atom is 0.0693 e. The zero-order valence-electron chi connectivity index (χ0n) is 12.4. The Morgan fingerprint density at radius 1 is 1.42 bits per heavy atom. The number of hydrogen-bond acceptors (Lipinski definition) is 3. The van der Waals surface area contributed by atoms with Gasteiger partial charge in [0.15, 0.2) is 0 Å². The molecule has 0 bridgehead atoms. The van der Waals surface area contributed by atoms with Gasteiger partial charge in [-0.25, -0.2) is 0 Å². The van der Waals surface area contributed by atoms with E-state index in [-0.39, 0.29) is 5.60 Å². The Bertz CT molecular complexity index is 379. The van der Waals surface area contributed by atoms with Gasteiger partial charge in [0.1, 0.15) is 0 Å². The topological polar surface area (TPSA) is 34.1 Å². The highest BCUT2D eigenvalue weighted by atomic mass is 16.5. The number of likely N-dealkylation sites (N-methyl/N-ethyl adjacent to an activating group) is 1. The van der Waals surface area contributed by atoms with Gasteiger partial charge in [0, 0.05) is 31.5 Å². The first-order chi connectivity index (χ1) is 9.21. The Balaban J connectivity index is 1.94. The molecule has 106 valence electrons. The van der Waals surface area contributed by atoms with E-state index in [1.165, 1.54) is 30.5 Å². The number of aryl methyl sites for hydroxylation is 1. The van der Waals surface area contributed by atoms with Gasteiger partial charge >= 0.3 is 0 Å². The van der Waals surface area contributed by atoms with Crippen LogP contribution in [0.25, 0.3) is 0 Å². The molecule has 1 aromatic rings. The summed E-state index contributed by atoms with van der Waals surface area (Å²) in [5, 5.41) is 3.42. The normalized spacial score (nSPS) is 18.9. The van der Waals surface area contributed by atoms with E-state index in [4.69, 9.17) is 4.74 Å². The van der Waals surface area contributed by atoms with Crippen molar-refractivity contribution >= 4 is 0 Å². The second-order valence-corrected chi connectivity index (χ2v) is 5.65. The molecule has 2 rings (SSSR count). The van der Waals surface area contributed by atoms with E-state index in [0.29, 0.717) is 6.04 Å². The Labute approximate surface area is 116 Å². The number of ether oxygens (including phenoxy) is 1. The lowest BCUT2D eigenvalue weighted by molar-refractivity contribution is -0.0830. The maximum absolute atomic E-state index is 5.72. The van der Waals surface area contributed by atoms with E-state index < -0.39 is 0 Å². The van der Waals surface area contributed by atoms with Gasteiger partial charge in [-0.3, -0.25) is 4.98 Å². The molecule has 1 fully saturated rings. The van der Waals surface area contributed by atoms with Crippen molar-refractivity contribution in [2.45, 2.75) is 57.1 Å². The van der Waals surface area contributed by atoms with Crippen LogP contribution < -0.4 is 5.32 Å². The van der Waals surface area contributed by atoms with Crippen molar-refractivity contribution in [2.24, 2.45) is 0 Å². The maximum atomic E-state index is 5.72. The van der Waals surface area contributed by atoms with E-state index >= 15 is 0 Å². The van der Waals surface area contributed by atoms with E-state index in [1.807, 2.05) is 20.4 Å². The molecule has 0 aliphatic heterocycles. The quantitative estimate of drug-likeness (QED) is 0.820. The van der Waals surface area contributed by atoms with E-state index in [0.717, 1.165) is 19.3 Å². The molecule has 1 saturated carbocycles. The lowest BCUT2D eigenvalue weighted by atomic mass is 9.75. The third-order valence-corrected chi connectivity index (χ3v) is 4.47. The Morgan fingerprint density at radius 3 is 2.63 bits per heavy atom. The third kappa shape index (κ3) is 3.54. The summed E-state index contributed by atoms with van der Waals surface area (Å²) >= 11 is 0. The first kappa shape index (κ1) is 14.5. The molecule has 19 heavy (non-hydrogen) atoms. The molecule has 1 atom stereocenters. The van der Waals surface area contributed by atoms with Crippen LogP contribution in [-0.2, 0) is 17.6 Å². The highest BCUT2D eigenvalue weighted by molar-refractivity contribution is 5.15. The molecule has 3 nitrogen and oxygen atoms in total. The van der Waals surface area contributed by atoms with Gasteiger partial charge in [-0.05, 0) is 50.8 Å². The molecule has 1 N–H and O–H groups in total. The second kappa shape index (κ2) is 6.49. The monoisotopic (exact) mass is 262 g/mol. The van der Waals surface area contributed by atoms with Crippen LogP contribution in [0.2, 0.25) is 0 Å². The van der Waals surface area contributed by atoms with Gasteiger partial charge in [-0.15, -0.1) is 0 Å². The molecular formula is C16H26N2O. The van der Waals surface area contributed by atoms with Gasteiger partial charge in [-0.2, -0.15) is 0 Å². The number of pyridine rings is 1. The number of hydrogen-bond donors (Lipinski definition) is 1. The fourth-order valence-corrected chi connectivity index (χ4v) is 2.83. The van der Waals surface area contributed by atoms with Crippen LogP contribution in [0.15, 0.2) is 18.3 Å². The van der Waals surface area contributed by atoms with Crippen molar-refractivity contribution in [1.82, 2.24) is 10.3 Å². The van der Waals surface area contributed by atoms with Crippen LogP contribution in [-0.4, -0.2) is 30.8 Å². The fourth-order valence-electron chi connectivity index (χ4n) is 2.83. The molecule has 0 radical (unpaired) electrons. The average Bonchev–Trinajstić information content (AvgIpc) is 2.42. The highest BCUT2D eigenvalue weighted by Gasteiger charge is 2.38. The van der Waals surface area contributed by atoms with E-state index in [1.54, 1.807) is 0 Å². The van der Waals surface area contributed by atoms with Crippen LogP contribution in [0.1, 0.15) is 43.9 Å². The molecule has 1 heterocycles. The van der Waals surface area contributed by atoms with Crippen LogP contribution in [0.3, 0.4) is 0 Å². The van der Waals surface area contributed by atoms with Crippen molar-refractivity contribution in [3.05, 3.63) is 29.6 Å². The first-order valence-corrected chi connectivity index (χ1v) is 7.37. The molecule has 1 unspecified atom stereocenters. The number of rotatable bonds is 7. The molecule has 1 aliphatic carbocycles. The van der Waals surface area contributed by atoms with Crippen LogP contribution in [0.4, 0.5) is 0 Å². The zero-order chi connectivity index (χ0) is 13.7. The summed E-state index contributed by atoms with van der Waals surface area (Å²) in [4.78, 5) is 4.56. The summed E-state index contributed by atoms with van der Waals surface area (Å²) in [7, 11) is 3.88. The molecule has 0 saturated heterocycles. The first-order valence-electron chi connectivity index (χ1n) is 7.37. The van der Waals surface area contributed by atoms with Gasteiger partial charge in [0.2, 0.25) is 0 Å². The number of nitrogens with zero attached hydrogens (tertiary/aromatic N) is 1.